The van der Waals surface area contributed by atoms with Crippen molar-refractivity contribution in [1.29, 1.82) is 0 Å². The second-order valence-corrected chi connectivity index (χ2v) is 5.15. The summed E-state index contributed by atoms with van der Waals surface area (Å²) >= 11 is 0. The van der Waals surface area contributed by atoms with E-state index in [-0.39, 0.29) is 18.0 Å². The summed E-state index contributed by atoms with van der Waals surface area (Å²) in [6.45, 7) is 10.7. The van der Waals surface area contributed by atoms with Crippen LogP contribution in [-0.2, 0) is 9.53 Å². The smallest absolute Gasteiger partial charge is 0.217 e. The minimum Gasteiger partial charge on any atom is -0.477 e. The Bertz CT molecular complexity index is 300. The van der Waals surface area contributed by atoms with Gasteiger partial charge in [-0.05, 0) is 11.8 Å². The van der Waals surface area contributed by atoms with Gasteiger partial charge in [-0.3, -0.25) is 4.79 Å². The maximum absolute atomic E-state index is 11.2. The molecule has 0 radical (unpaired) electrons. The standard InChI is InChI=1S/C13H24N2O2/c1-6-9(4)12(14-10(5)16)13-15-11(7-17-13)8(2)3/h8-9,11-12H,6-7H2,1-5H3,(H,14,16). The summed E-state index contributed by atoms with van der Waals surface area (Å²) in [5, 5.41) is 2.94. The average Bonchev–Trinajstić information content (AvgIpc) is 2.73. The summed E-state index contributed by atoms with van der Waals surface area (Å²) < 4.78 is 5.65. The lowest BCUT2D eigenvalue weighted by atomic mass is 9.99. The van der Waals surface area contributed by atoms with Gasteiger partial charge in [0.2, 0.25) is 11.8 Å². The monoisotopic (exact) mass is 240 g/mol. The molecule has 1 aliphatic rings. The number of hydrogen-bond acceptors (Lipinski definition) is 3. The molecule has 1 aliphatic heterocycles. The number of amides is 1. The summed E-state index contributed by atoms with van der Waals surface area (Å²) in [6, 6.07) is 0.145. The van der Waals surface area contributed by atoms with Crippen LogP contribution in [0.3, 0.4) is 0 Å². The number of hydrogen-bond donors (Lipinski definition) is 1. The van der Waals surface area contributed by atoms with E-state index in [9.17, 15) is 4.79 Å². The van der Waals surface area contributed by atoms with Crippen LogP contribution in [0.15, 0.2) is 4.99 Å². The predicted molar refractivity (Wildman–Crippen MR) is 69.1 cm³/mol. The first-order valence-corrected chi connectivity index (χ1v) is 6.43. The van der Waals surface area contributed by atoms with Crippen molar-refractivity contribution in [3.8, 4) is 0 Å². The van der Waals surface area contributed by atoms with Crippen LogP contribution >= 0.6 is 0 Å². The van der Waals surface area contributed by atoms with Crippen molar-refractivity contribution in [3.05, 3.63) is 0 Å². The highest BCUT2D eigenvalue weighted by molar-refractivity contribution is 5.88. The van der Waals surface area contributed by atoms with E-state index in [1.54, 1.807) is 0 Å². The number of rotatable bonds is 5. The Morgan fingerprint density at radius 1 is 1.53 bits per heavy atom. The fourth-order valence-electron chi connectivity index (χ4n) is 1.82. The van der Waals surface area contributed by atoms with Crippen molar-refractivity contribution in [3.63, 3.8) is 0 Å². The van der Waals surface area contributed by atoms with Gasteiger partial charge in [0.05, 0.1) is 6.04 Å². The largest absolute Gasteiger partial charge is 0.477 e. The number of ether oxygens (including phenoxy) is 1. The topological polar surface area (TPSA) is 50.7 Å². The van der Waals surface area contributed by atoms with Gasteiger partial charge in [-0.25, -0.2) is 4.99 Å². The van der Waals surface area contributed by atoms with Gasteiger partial charge in [-0.1, -0.05) is 34.1 Å². The van der Waals surface area contributed by atoms with Crippen molar-refractivity contribution in [1.82, 2.24) is 5.32 Å². The minimum absolute atomic E-state index is 0.0328. The molecular weight excluding hydrogens is 216 g/mol. The lowest BCUT2D eigenvalue weighted by molar-refractivity contribution is -0.119. The molecular formula is C13H24N2O2. The molecule has 4 nitrogen and oxygen atoms in total. The minimum atomic E-state index is -0.0822. The van der Waals surface area contributed by atoms with Crippen LogP contribution < -0.4 is 5.32 Å². The quantitative estimate of drug-likeness (QED) is 0.799. The van der Waals surface area contributed by atoms with Gasteiger partial charge < -0.3 is 10.1 Å². The molecule has 3 unspecified atom stereocenters. The lowest BCUT2D eigenvalue weighted by Crippen LogP contribution is -2.44. The molecule has 17 heavy (non-hydrogen) atoms. The molecule has 0 aromatic carbocycles. The zero-order chi connectivity index (χ0) is 13.0. The predicted octanol–water partition coefficient (Wildman–Crippen LogP) is 1.99. The SMILES string of the molecule is CCC(C)C(NC(C)=O)C1=NC(C(C)C)CO1. The Morgan fingerprint density at radius 2 is 2.18 bits per heavy atom. The van der Waals surface area contributed by atoms with Crippen molar-refractivity contribution in [2.45, 2.75) is 53.1 Å². The van der Waals surface area contributed by atoms with E-state index in [0.717, 1.165) is 6.42 Å². The van der Waals surface area contributed by atoms with Crippen LogP contribution in [0.2, 0.25) is 0 Å². The van der Waals surface area contributed by atoms with Crippen molar-refractivity contribution < 1.29 is 9.53 Å². The molecule has 0 bridgehead atoms. The van der Waals surface area contributed by atoms with Crippen LogP contribution in [0, 0.1) is 11.8 Å². The number of nitrogens with zero attached hydrogens (tertiary/aromatic N) is 1. The third kappa shape index (κ3) is 3.72. The number of carbonyl (C=O) groups excluding carboxylic acids is 1. The molecule has 1 heterocycles. The molecule has 0 aromatic rings. The molecule has 0 aliphatic carbocycles. The van der Waals surface area contributed by atoms with Gasteiger partial charge >= 0.3 is 0 Å². The van der Waals surface area contributed by atoms with E-state index in [2.05, 4.69) is 38.0 Å². The molecule has 4 heteroatoms. The van der Waals surface area contributed by atoms with E-state index in [0.29, 0.717) is 24.3 Å². The summed E-state index contributed by atoms with van der Waals surface area (Å²) in [5.41, 5.74) is 0. The van der Waals surface area contributed by atoms with E-state index in [1.807, 2.05) is 0 Å². The Hall–Kier alpha value is -1.06. The van der Waals surface area contributed by atoms with Gasteiger partial charge in [0.1, 0.15) is 12.6 Å². The zero-order valence-corrected chi connectivity index (χ0v) is 11.5. The molecule has 3 atom stereocenters. The normalized spacial score (nSPS) is 22.9. The first-order valence-electron chi connectivity index (χ1n) is 6.43. The maximum Gasteiger partial charge on any atom is 0.217 e. The number of nitrogens with one attached hydrogen (secondary N) is 1. The van der Waals surface area contributed by atoms with E-state index in [1.165, 1.54) is 6.92 Å². The molecule has 1 amide bonds. The average molecular weight is 240 g/mol. The second kappa shape index (κ2) is 6.03. The third-order valence-electron chi connectivity index (χ3n) is 3.30. The molecule has 1 N–H and O–H groups in total. The van der Waals surface area contributed by atoms with E-state index < -0.39 is 0 Å². The molecule has 0 spiro atoms. The fourth-order valence-corrected chi connectivity index (χ4v) is 1.82. The highest BCUT2D eigenvalue weighted by atomic mass is 16.5. The first-order chi connectivity index (χ1) is 7.95. The fraction of sp³-hybridized carbons (Fsp3) is 0.846. The van der Waals surface area contributed by atoms with Crippen molar-refractivity contribution >= 4 is 11.8 Å². The van der Waals surface area contributed by atoms with Crippen LogP contribution in [0.5, 0.6) is 0 Å². The van der Waals surface area contributed by atoms with E-state index in [4.69, 9.17) is 4.74 Å². The summed E-state index contributed by atoms with van der Waals surface area (Å²) in [4.78, 5) is 15.8. The van der Waals surface area contributed by atoms with Crippen LogP contribution in [-0.4, -0.2) is 30.5 Å². The third-order valence-corrected chi connectivity index (χ3v) is 3.30. The molecule has 0 saturated carbocycles. The maximum atomic E-state index is 11.2. The second-order valence-electron chi connectivity index (χ2n) is 5.15. The van der Waals surface area contributed by atoms with Crippen LogP contribution in [0.1, 0.15) is 41.0 Å². The Labute approximate surface area is 104 Å². The zero-order valence-electron chi connectivity index (χ0n) is 11.5. The first kappa shape index (κ1) is 14.0. The van der Waals surface area contributed by atoms with Crippen molar-refractivity contribution in [2.24, 2.45) is 16.8 Å². The van der Waals surface area contributed by atoms with Crippen LogP contribution in [0.25, 0.3) is 0 Å². The lowest BCUT2D eigenvalue weighted by Gasteiger charge is -2.22. The van der Waals surface area contributed by atoms with Crippen LogP contribution in [0.4, 0.5) is 0 Å². The molecule has 0 fully saturated rings. The number of carbonyl (C=O) groups is 1. The molecule has 1 rings (SSSR count). The van der Waals surface area contributed by atoms with E-state index >= 15 is 0 Å². The van der Waals surface area contributed by atoms with Gasteiger partial charge in [-0.2, -0.15) is 0 Å². The van der Waals surface area contributed by atoms with Gasteiger partial charge in [0.15, 0.2) is 0 Å². The molecule has 98 valence electrons. The summed E-state index contributed by atoms with van der Waals surface area (Å²) in [5.74, 6) is 1.48. The number of aliphatic imine (C=N–C) groups is 1. The Balaban J connectivity index is 2.77. The molecule has 0 saturated heterocycles. The Kier molecular flexibility index (Phi) is 4.97. The van der Waals surface area contributed by atoms with Gasteiger partial charge in [-0.15, -0.1) is 0 Å². The highest BCUT2D eigenvalue weighted by Gasteiger charge is 2.30. The van der Waals surface area contributed by atoms with Crippen molar-refractivity contribution in [2.75, 3.05) is 6.61 Å². The highest BCUT2D eigenvalue weighted by Crippen LogP contribution is 2.19. The van der Waals surface area contributed by atoms with Gasteiger partial charge in [0.25, 0.3) is 0 Å². The summed E-state index contributed by atoms with van der Waals surface area (Å²) in [6.07, 6.45) is 0.986. The summed E-state index contributed by atoms with van der Waals surface area (Å²) in [7, 11) is 0. The Morgan fingerprint density at radius 3 is 2.59 bits per heavy atom. The van der Waals surface area contributed by atoms with Gasteiger partial charge in [0, 0.05) is 6.92 Å². The molecule has 0 aromatic heterocycles.